The average molecular weight is 472 g/mol. The molecule has 1 N–H and O–H groups in total. The number of nitrogens with one attached hydrogen (secondary N) is 1. The molecule has 4 rings (SSSR count). The van der Waals surface area contributed by atoms with Crippen LogP contribution in [0.25, 0.3) is 16.9 Å². The van der Waals surface area contributed by atoms with Crippen molar-refractivity contribution in [3.05, 3.63) is 111 Å². The summed E-state index contributed by atoms with van der Waals surface area (Å²) in [5.74, 6) is -0.441. The predicted molar refractivity (Wildman–Crippen MR) is 138 cm³/mol. The Labute approximate surface area is 204 Å². The third-order valence-electron chi connectivity index (χ3n) is 5.88. The normalized spacial score (nSPS) is 10.8. The van der Waals surface area contributed by atoms with Gasteiger partial charge < -0.3 is 9.88 Å². The Morgan fingerprint density at radius 3 is 2.24 bits per heavy atom. The van der Waals surface area contributed by atoms with Crippen LogP contribution in [0.4, 0.5) is 5.69 Å². The smallest absolute Gasteiger partial charge is 0.261 e. The molecule has 0 saturated carbocycles. The predicted octanol–water partition coefficient (Wildman–Crippen LogP) is 6.24. The molecule has 0 aliphatic carbocycles. The van der Waals surface area contributed by atoms with E-state index in [0.29, 0.717) is 22.0 Å². The molecule has 0 atom stereocenters. The van der Waals surface area contributed by atoms with Crippen LogP contribution in [-0.2, 0) is 12.8 Å². The van der Waals surface area contributed by atoms with Gasteiger partial charge in [-0.3, -0.25) is 14.6 Å². The Hall–Kier alpha value is -3.70. The van der Waals surface area contributed by atoms with Crippen molar-refractivity contribution in [2.75, 3.05) is 5.32 Å². The molecule has 2 aromatic carbocycles. The fourth-order valence-corrected chi connectivity index (χ4v) is 4.45. The van der Waals surface area contributed by atoms with Crippen LogP contribution < -0.4 is 10.7 Å². The SMILES string of the molecule is CCc1cccc(CC)c1NC(=O)c1c(-c2ccncc2)n(-c2cccc(Cl)c2)c(C)cc1=O. The van der Waals surface area contributed by atoms with Crippen molar-refractivity contribution in [1.29, 1.82) is 0 Å². The van der Waals surface area contributed by atoms with Gasteiger partial charge in [-0.2, -0.15) is 0 Å². The lowest BCUT2D eigenvalue weighted by Crippen LogP contribution is -2.27. The maximum atomic E-state index is 13.8. The molecule has 5 nitrogen and oxygen atoms in total. The second-order valence-electron chi connectivity index (χ2n) is 8.04. The summed E-state index contributed by atoms with van der Waals surface area (Å²) in [7, 11) is 0. The van der Waals surface area contributed by atoms with E-state index < -0.39 is 5.91 Å². The quantitative estimate of drug-likeness (QED) is 0.362. The number of aromatic nitrogens is 2. The van der Waals surface area contributed by atoms with Gasteiger partial charge in [0.15, 0.2) is 5.43 Å². The molecule has 2 aromatic heterocycles. The van der Waals surface area contributed by atoms with Crippen LogP contribution in [0.1, 0.15) is 41.0 Å². The number of carbonyl (C=O) groups excluding carboxylic acids is 1. The van der Waals surface area contributed by atoms with Gasteiger partial charge in [0.05, 0.1) is 5.69 Å². The first-order chi connectivity index (χ1) is 16.4. The fourth-order valence-electron chi connectivity index (χ4n) is 4.26. The summed E-state index contributed by atoms with van der Waals surface area (Å²) in [5, 5.41) is 3.63. The number of para-hydroxylation sites is 1. The number of pyridine rings is 2. The molecular formula is C28H26ClN3O2. The minimum absolute atomic E-state index is 0.0738. The van der Waals surface area contributed by atoms with Crippen LogP contribution in [0.2, 0.25) is 5.02 Å². The number of rotatable bonds is 6. The number of nitrogens with zero attached hydrogens (tertiary/aromatic N) is 2. The standard InChI is InChI=1S/C28H26ClN3O2/c1-4-19-8-6-9-20(5-2)26(19)31-28(34)25-24(33)16-18(3)32(23-11-7-10-22(29)17-23)27(25)21-12-14-30-15-13-21/h6-17H,4-5H2,1-3H3,(H,31,34). The molecule has 6 heteroatoms. The summed E-state index contributed by atoms with van der Waals surface area (Å²) in [6, 6.07) is 18.4. The number of aryl methyl sites for hydroxylation is 3. The van der Waals surface area contributed by atoms with Crippen LogP contribution >= 0.6 is 11.6 Å². The molecular weight excluding hydrogens is 446 g/mol. The van der Waals surface area contributed by atoms with E-state index in [1.54, 1.807) is 30.6 Å². The number of hydrogen-bond acceptors (Lipinski definition) is 3. The summed E-state index contributed by atoms with van der Waals surface area (Å²) in [6.45, 7) is 5.94. The van der Waals surface area contributed by atoms with Gasteiger partial charge in [0, 0.05) is 46.1 Å². The van der Waals surface area contributed by atoms with Crippen LogP contribution in [-0.4, -0.2) is 15.5 Å². The summed E-state index contributed by atoms with van der Waals surface area (Å²) in [6.07, 6.45) is 4.82. The summed E-state index contributed by atoms with van der Waals surface area (Å²) in [5.41, 5.74) is 5.22. The van der Waals surface area contributed by atoms with Gasteiger partial charge in [-0.15, -0.1) is 0 Å². The van der Waals surface area contributed by atoms with E-state index in [4.69, 9.17) is 11.6 Å². The van der Waals surface area contributed by atoms with E-state index in [0.717, 1.165) is 35.3 Å². The molecule has 1 amide bonds. The minimum atomic E-state index is -0.441. The first kappa shape index (κ1) is 23.5. The van der Waals surface area contributed by atoms with Crippen molar-refractivity contribution in [3.63, 3.8) is 0 Å². The Kier molecular flexibility index (Phi) is 6.94. The van der Waals surface area contributed by atoms with Gasteiger partial charge in [-0.25, -0.2) is 0 Å². The van der Waals surface area contributed by atoms with Gasteiger partial charge >= 0.3 is 0 Å². The molecule has 0 aliphatic heterocycles. The lowest BCUT2D eigenvalue weighted by Gasteiger charge is -2.21. The Morgan fingerprint density at radius 1 is 0.971 bits per heavy atom. The van der Waals surface area contributed by atoms with E-state index in [-0.39, 0.29) is 11.0 Å². The van der Waals surface area contributed by atoms with Gasteiger partial charge in [-0.1, -0.05) is 49.7 Å². The van der Waals surface area contributed by atoms with Crippen molar-refractivity contribution in [1.82, 2.24) is 9.55 Å². The second kappa shape index (κ2) is 10.1. The fraction of sp³-hybridized carbons (Fsp3) is 0.179. The number of carbonyl (C=O) groups is 1. The minimum Gasteiger partial charge on any atom is -0.321 e. The highest BCUT2D eigenvalue weighted by molar-refractivity contribution is 6.30. The highest BCUT2D eigenvalue weighted by Crippen LogP contribution is 2.29. The van der Waals surface area contributed by atoms with Crippen molar-refractivity contribution >= 4 is 23.2 Å². The molecule has 34 heavy (non-hydrogen) atoms. The van der Waals surface area contributed by atoms with E-state index in [9.17, 15) is 9.59 Å². The van der Waals surface area contributed by atoms with Gasteiger partial charge in [0.25, 0.3) is 5.91 Å². The zero-order chi connectivity index (χ0) is 24.2. The van der Waals surface area contributed by atoms with Crippen LogP contribution in [0.5, 0.6) is 0 Å². The summed E-state index contributed by atoms with van der Waals surface area (Å²) in [4.78, 5) is 31.2. The first-order valence-electron chi connectivity index (χ1n) is 11.3. The largest absolute Gasteiger partial charge is 0.321 e. The van der Waals surface area contributed by atoms with Gasteiger partial charge in [0.2, 0.25) is 0 Å². The zero-order valence-corrected chi connectivity index (χ0v) is 20.2. The van der Waals surface area contributed by atoms with E-state index >= 15 is 0 Å². The molecule has 0 bridgehead atoms. The average Bonchev–Trinajstić information content (AvgIpc) is 2.84. The van der Waals surface area contributed by atoms with Crippen molar-refractivity contribution < 1.29 is 4.79 Å². The Bertz CT molecular complexity index is 1390. The number of amides is 1. The second-order valence-corrected chi connectivity index (χ2v) is 8.47. The van der Waals surface area contributed by atoms with Gasteiger partial charge in [-0.05, 0) is 61.2 Å². The summed E-state index contributed by atoms with van der Waals surface area (Å²) >= 11 is 6.29. The lowest BCUT2D eigenvalue weighted by atomic mass is 10.0. The number of halogens is 1. The highest BCUT2D eigenvalue weighted by atomic mass is 35.5. The molecule has 172 valence electrons. The number of anilines is 1. The topological polar surface area (TPSA) is 64.0 Å². The molecule has 0 fully saturated rings. The maximum Gasteiger partial charge on any atom is 0.261 e. The van der Waals surface area contributed by atoms with Crippen LogP contribution in [0.15, 0.2) is 77.9 Å². The van der Waals surface area contributed by atoms with E-state index in [1.807, 2.05) is 61.7 Å². The molecule has 0 radical (unpaired) electrons. The first-order valence-corrected chi connectivity index (χ1v) is 11.7. The molecule has 0 spiro atoms. The van der Waals surface area contributed by atoms with Crippen molar-refractivity contribution in [2.24, 2.45) is 0 Å². The number of hydrogen-bond donors (Lipinski definition) is 1. The lowest BCUT2D eigenvalue weighted by molar-refractivity contribution is 0.102. The maximum absolute atomic E-state index is 13.8. The summed E-state index contributed by atoms with van der Waals surface area (Å²) < 4.78 is 1.89. The molecule has 0 saturated heterocycles. The van der Waals surface area contributed by atoms with E-state index in [1.165, 1.54) is 6.07 Å². The molecule has 0 unspecified atom stereocenters. The van der Waals surface area contributed by atoms with Crippen molar-refractivity contribution in [3.8, 4) is 16.9 Å². The van der Waals surface area contributed by atoms with Crippen LogP contribution in [0.3, 0.4) is 0 Å². The third-order valence-corrected chi connectivity index (χ3v) is 6.12. The third kappa shape index (κ3) is 4.52. The Morgan fingerprint density at radius 2 is 1.62 bits per heavy atom. The monoisotopic (exact) mass is 471 g/mol. The zero-order valence-electron chi connectivity index (χ0n) is 19.4. The van der Waals surface area contributed by atoms with Crippen LogP contribution in [0, 0.1) is 6.92 Å². The Balaban J connectivity index is 1.98. The molecule has 2 heterocycles. The molecule has 4 aromatic rings. The van der Waals surface area contributed by atoms with Gasteiger partial charge in [0.1, 0.15) is 5.56 Å². The van der Waals surface area contributed by atoms with Crippen molar-refractivity contribution in [2.45, 2.75) is 33.6 Å². The highest BCUT2D eigenvalue weighted by Gasteiger charge is 2.24. The molecule has 0 aliphatic rings. The number of benzene rings is 2. The van der Waals surface area contributed by atoms with E-state index in [2.05, 4.69) is 10.3 Å².